The molecule has 2 heterocycles. The van der Waals surface area contributed by atoms with Crippen molar-refractivity contribution >= 4 is 44.7 Å². The fourth-order valence-corrected chi connectivity index (χ4v) is 3.76. The Hall–Kier alpha value is -1.65. The maximum atomic E-state index is 11.9. The van der Waals surface area contributed by atoms with Gasteiger partial charge in [-0.05, 0) is 6.92 Å². The highest BCUT2D eigenvalue weighted by atomic mass is 35.5. The molecule has 0 unspecified atom stereocenters. The fourth-order valence-electron chi connectivity index (χ4n) is 1.16. The van der Waals surface area contributed by atoms with E-state index in [9.17, 15) is 18.5 Å². The molecule has 102 valence electrons. The van der Waals surface area contributed by atoms with Crippen molar-refractivity contribution in [3.8, 4) is 0 Å². The van der Waals surface area contributed by atoms with E-state index in [2.05, 4.69) is 9.71 Å². The molecular weight excluding hydrogens is 318 g/mol. The average Bonchev–Trinajstić information content (AvgIpc) is 2.84. The molecule has 0 aliphatic heterocycles. The Balaban J connectivity index is 2.34. The summed E-state index contributed by atoms with van der Waals surface area (Å²) in [5.41, 5.74) is 0.0310. The molecule has 1 N–H and O–H groups in total. The van der Waals surface area contributed by atoms with Gasteiger partial charge in [-0.15, -0.1) is 11.3 Å². The number of sulfonamides is 1. The van der Waals surface area contributed by atoms with Crippen LogP contribution in [-0.2, 0) is 10.0 Å². The highest BCUT2D eigenvalue weighted by molar-refractivity contribution is 7.94. The summed E-state index contributed by atoms with van der Waals surface area (Å²) < 4.78 is 30.2. The molecule has 0 aliphatic carbocycles. The lowest BCUT2D eigenvalue weighted by molar-refractivity contribution is -0.384. The van der Waals surface area contributed by atoms with Gasteiger partial charge in [0.05, 0.1) is 10.6 Å². The van der Waals surface area contributed by atoms with E-state index in [1.165, 1.54) is 6.26 Å². The first-order chi connectivity index (χ1) is 8.79. The van der Waals surface area contributed by atoms with Crippen molar-refractivity contribution in [3.05, 3.63) is 32.5 Å². The molecule has 0 fully saturated rings. The molecule has 0 spiro atoms. The van der Waals surface area contributed by atoms with E-state index < -0.39 is 20.6 Å². The number of halogens is 1. The maximum absolute atomic E-state index is 11.9. The average molecular weight is 324 g/mol. The van der Waals surface area contributed by atoms with Crippen molar-refractivity contribution in [2.75, 3.05) is 4.72 Å². The van der Waals surface area contributed by atoms with Crippen LogP contribution in [0.4, 0.5) is 11.7 Å². The molecular formula is C8H6ClN3O5S2. The van der Waals surface area contributed by atoms with Gasteiger partial charge in [0.25, 0.3) is 15.7 Å². The predicted octanol–water partition coefficient (Wildman–Crippen LogP) is 2.41. The second-order valence-corrected chi connectivity index (χ2v) is 6.94. The first-order valence-corrected chi connectivity index (χ1v) is 7.36. The molecule has 0 bridgehead atoms. The minimum absolute atomic E-state index is 0.214. The molecule has 2 rings (SSSR count). The van der Waals surface area contributed by atoms with Crippen LogP contribution in [0.3, 0.4) is 0 Å². The Morgan fingerprint density at radius 3 is 2.74 bits per heavy atom. The number of aromatic nitrogens is 1. The smallest absolute Gasteiger partial charge is 0.309 e. The van der Waals surface area contributed by atoms with Crippen LogP contribution in [-0.4, -0.2) is 18.3 Å². The zero-order valence-corrected chi connectivity index (χ0v) is 11.7. The van der Waals surface area contributed by atoms with Crippen LogP contribution in [0.2, 0.25) is 4.34 Å². The van der Waals surface area contributed by atoms with Crippen LogP contribution < -0.4 is 4.72 Å². The lowest BCUT2D eigenvalue weighted by Crippen LogP contribution is -2.11. The molecule has 0 aromatic carbocycles. The number of thiophene rings is 1. The Kier molecular flexibility index (Phi) is 3.47. The van der Waals surface area contributed by atoms with Crippen molar-refractivity contribution in [1.29, 1.82) is 0 Å². The predicted molar refractivity (Wildman–Crippen MR) is 68.0 cm³/mol. The number of nitro groups is 1. The number of anilines is 1. The summed E-state index contributed by atoms with van der Waals surface area (Å²) in [6.45, 7) is 1.62. The first kappa shape index (κ1) is 13.8. The molecule has 0 saturated heterocycles. The monoisotopic (exact) mass is 323 g/mol. The van der Waals surface area contributed by atoms with Gasteiger partial charge >= 0.3 is 6.01 Å². The van der Waals surface area contributed by atoms with Gasteiger partial charge in [0.1, 0.15) is 10.5 Å². The van der Waals surface area contributed by atoms with E-state index in [-0.39, 0.29) is 14.6 Å². The zero-order chi connectivity index (χ0) is 14.2. The minimum Gasteiger partial charge on any atom is -0.431 e. The largest absolute Gasteiger partial charge is 0.431 e. The van der Waals surface area contributed by atoms with Crippen LogP contribution in [0.25, 0.3) is 0 Å². The second kappa shape index (κ2) is 4.79. The molecule has 8 nitrogen and oxygen atoms in total. The number of nitrogens with one attached hydrogen (secondary N) is 1. The number of hydrogen-bond donors (Lipinski definition) is 1. The van der Waals surface area contributed by atoms with Crippen molar-refractivity contribution in [2.45, 2.75) is 11.1 Å². The third kappa shape index (κ3) is 2.85. The SMILES string of the molecule is Cc1coc(NS(=O)(=O)c2cc([N+](=O)[O-])c(Cl)s2)n1. The number of nitrogens with zero attached hydrogens (tertiary/aromatic N) is 2. The topological polar surface area (TPSA) is 115 Å². The summed E-state index contributed by atoms with van der Waals surface area (Å²) in [7, 11) is -4.01. The molecule has 0 saturated carbocycles. The van der Waals surface area contributed by atoms with Crippen molar-refractivity contribution in [2.24, 2.45) is 0 Å². The van der Waals surface area contributed by atoms with E-state index in [1.54, 1.807) is 6.92 Å². The minimum atomic E-state index is -4.01. The quantitative estimate of drug-likeness (QED) is 0.682. The summed E-state index contributed by atoms with van der Waals surface area (Å²) >= 11 is 6.18. The van der Waals surface area contributed by atoms with Crippen LogP contribution in [0.5, 0.6) is 0 Å². The second-order valence-electron chi connectivity index (χ2n) is 3.38. The molecule has 0 amide bonds. The van der Waals surface area contributed by atoms with Crippen molar-refractivity contribution in [3.63, 3.8) is 0 Å². The molecule has 19 heavy (non-hydrogen) atoms. The number of aryl methyl sites for hydroxylation is 1. The molecule has 11 heteroatoms. The highest BCUT2D eigenvalue weighted by Gasteiger charge is 2.26. The van der Waals surface area contributed by atoms with Crippen molar-refractivity contribution < 1.29 is 17.8 Å². The van der Waals surface area contributed by atoms with E-state index in [0.717, 1.165) is 6.07 Å². The summed E-state index contributed by atoms with van der Waals surface area (Å²) in [5.74, 6) is 0. The standard InChI is InChI=1S/C8H6ClN3O5S2/c1-4-3-17-8(10-4)11-19(15,16)6-2-5(12(13)14)7(9)18-6/h2-3H,1H3,(H,10,11). The summed E-state index contributed by atoms with van der Waals surface area (Å²) in [5, 5.41) is 10.6. The Bertz CT molecular complexity index is 735. The van der Waals surface area contributed by atoms with Crippen LogP contribution in [0, 0.1) is 17.0 Å². The van der Waals surface area contributed by atoms with Crippen LogP contribution in [0.1, 0.15) is 5.69 Å². The highest BCUT2D eigenvalue weighted by Crippen LogP contribution is 2.36. The molecule has 2 aromatic heterocycles. The summed E-state index contributed by atoms with van der Waals surface area (Å²) in [6.07, 6.45) is 1.27. The molecule has 0 radical (unpaired) electrons. The normalized spacial score (nSPS) is 11.5. The van der Waals surface area contributed by atoms with Gasteiger partial charge in [0.15, 0.2) is 4.34 Å². The molecule has 2 aromatic rings. The van der Waals surface area contributed by atoms with Gasteiger partial charge < -0.3 is 4.42 Å². The van der Waals surface area contributed by atoms with E-state index in [4.69, 9.17) is 16.0 Å². The number of oxazole rings is 1. The van der Waals surface area contributed by atoms with Crippen LogP contribution >= 0.6 is 22.9 Å². The lowest BCUT2D eigenvalue weighted by atomic mass is 10.6. The summed E-state index contributed by atoms with van der Waals surface area (Å²) in [4.78, 5) is 13.6. The summed E-state index contributed by atoms with van der Waals surface area (Å²) in [6, 6.07) is 0.662. The van der Waals surface area contributed by atoms with E-state index in [0.29, 0.717) is 17.0 Å². The van der Waals surface area contributed by atoms with Gasteiger partial charge in [0, 0.05) is 6.07 Å². The fraction of sp³-hybridized carbons (Fsp3) is 0.125. The Labute approximate surface area is 116 Å². The van der Waals surface area contributed by atoms with Gasteiger partial charge in [-0.2, -0.15) is 4.98 Å². The zero-order valence-electron chi connectivity index (χ0n) is 9.28. The number of rotatable bonds is 4. The van der Waals surface area contributed by atoms with E-state index >= 15 is 0 Å². The molecule has 0 aliphatic rings. The van der Waals surface area contributed by atoms with E-state index in [1.807, 2.05) is 0 Å². The lowest BCUT2D eigenvalue weighted by Gasteiger charge is -1.99. The maximum Gasteiger partial charge on any atom is 0.309 e. The van der Waals surface area contributed by atoms with Gasteiger partial charge in [0.2, 0.25) is 0 Å². The molecule has 0 atom stereocenters. The van der Waals surface area contributed by atoms with Gasteiger partial charge in [-0.25, -0.2) is 13.1 Å². The first-order valence-electron chi connectivity index (χ1n) is 4.68. The van der Waals surface area contributed by atoms with Crippen molar-refractivity contribution in [1.82, 2.24) is 4.98 Å². The third-order valence-corrected chi connectivity index (χ3v) is 5.08. The third-order valence-electron chi connectivity index (χ3n) is 1.95. The van der Waals surface area contributed by atoms with Gasteiger partial charge in [-0.3, -0.25) is 10.1 Å². The Morgan fingerprint density at radius 1 is 1.58 bits per heavy atom. The number of hydrogen-bond acceptors (Lipinski definition) is 7. The van der Waals surface area contributed by atoms with Gasteiger partial charge in [-0.1, -0.05) is 11.6 Å². The van der Waals surface area contributed by atoms with Crippen LogP contribution in [0.15, 0.2) is 21.0 Å². The Morgan fingerprint density at radius 2 is 2.26 bits per heavy atom.